The highest BCUT2D eigenvalue weighted by Gasteiger charge is 2.14. The van der Waals surface area contributed by atoms with Crippen molar-refractivity contribution < 1.29 is 4.79 Å². The molecule has 0 aliphatic rings. The summed E-state index contributed by atoms with van der Waals surface area (Å²) in [6.07, 6.45) is 3.61. The molecule has 1 unspecified atom stereocenters. The number of aromatic nitrogens is 2. The van der Waals surface area contributed by atoms with Crippen molar-refractivity contribution in [2.75, 3.05) is 11.9 Å². The van der Waals surface area contributed by atoms with Gasteiger partial charge in [0, 0.05) is 24.5 Å². The first-order valence-corrected chi connectivity index (χ1v) is 7.62. The van der Waals surface area contributed by atoms with Crippen LogP contribution in [-0.4, -0.2) is 28.3 Å². The SMILES string of the molecule is Cc1cnn(CC(=O)NCC(Nc2ccccc2)C(C)C)c1. The van der Waals surface area contributed by atoms with Crippen LogP contribution in [0.5, 0.6) is 0 Å². The van der Waals surface area contributed by atoms with Crippen LogP contribution in [0, 0.1) is 12.8 Å². The van der Waals surface area contributed by atoms with Gasteiger partial charge in [-0.25, -0.2) is 0 Å². The first-order chi connectivity index (χ1) is 10.5. The van der Waals surface area contributed by atoms with E-state index in [9.17, 15) is 4.79 Å². The summed E-state index contributed by atoms with van der Waals surface area (Å²) in [6.45, 7) is 7.09. The second kappa shape index (κ2) is 7.64. The Kier molecular flexibility index (Phi) is 5.58. The van der Waals surface area contributed by atoms with Crippen LogP contribution in [0.2, 0.25) is 0 Å². The van der Waals surface area contributed by atoms with Gasteiger partial charge >= 0.3 is 0 Å². The summed E-state index contributed by atoms with van der Waals surface area (Å²) in [6, 6.07) is 10.2. The van der Waals surface area contributed by atoms with Crippen molar-refractivity contribution in [3.8, 4) is 0 Å². The molecule has 0 saturated heterocycles. The lowest BCUT2D eigenvalue weighted by Crippen LogP contribution is -2.40. The molecular formula is C17H24N4O. The Morgan fingerprint density at radius 3 is 2.59 bits per heavy atom. The fraction of sp³-hybridized carbons (Fsp3) is 0.412. The fourth-order valence-corrected chi connectivity index (χ4v) is 2.18. The number of hydrogen-bond donors (Lipinski definition) is 2. The number of amides is 1. The molecule has 0 radical (unpaired) electrons. The minimum atomic E-state index is -0.0244. The smallest absolute Gasteiger partial charge is 0.241 e. The first-order valence-electron chi connectivity index (χ1n) is 7.62. The van der Waals surface area contributed by atoms with Crippen LogP contribution >= 0.6 is 0 Å². The number of para-hydroxylation sites is 1. The lowest BCUT2D eigenvalue weighted by atomic mass is 10.0. The maximum Gasteiger partial charge on any atom is 0.241 e. The van der Waals surface area contributed by atoms with Crippen LogP contribution in [0.1, 0.15) is 19.4 Å². The molecular weight excluding hydrogens is 276 g/mol. The van der Waals surface area contributed by atoms with Crippen LogP contribution in [0.25, 0.3) is 0 Å². The predicted molar refractivity (Wildman–Crippen MR) is 88.7 cm³/mol. The molecule has 1 aromatic carbocycles. The molecule has 2 aromatic rings. The molecule has 0 saturated carbocycles. The third-order valence-electron chi connectivity index (χ3n) is 3.52. The Hall–Kier alpha value is -2.30. The van der Waals surface area contributed by atoms with Crippen molar-refractivity contribution in [3.63, 3.8) is 0 Å². The average molecular weight is 300 g/mol. The Bertz CT molecular complexity index is 592. The lowest BCUT2D eigenvalue weighted by Gasteiger charge is -2.24. The zero-order valence-corrected chi connectivity index (χ0v) is 13.4. The minimum Gasteiger partial charge on any atom is -0.380 e. The van der Waals surface area contributed by atoms with E-state index in [1.165, 1.54) is 0 Å². The Balaban J connectivity index is 1.84. The summed E-state index contributed by atoms with van der Waals surface area (Å²) in [5.74, 6) is 0.385. The van der Waals surface area contributed by atoms with Crippen molar-refractivity contribution in [3.05, 3.63) is 48.3 Å². The molecule has 5 heteroatoms. The zero-order chi connectivity index (χ0) is 15.9. The number of carbonyl (C=O) groups excluding carboxylic acids is 1. The first kappa shape index (κ1) is 16.1. The van der Waals surface area contributed by atoms with Gasteiger partial charge in [0.15, 0.2) is 0 Å². The maximum absolute atomic E-state index is 12.0. The summed E-state index contributed by atoms with van der Waals surface area (Å²) >= 11 is 0. The van der Waals surface area contributed by atoms with E-state index in [1.807, 2.05) is 43.5 Å². The zero-order valence-electron chi connectivity index (χ0n) is 13.4. The summed E-state index contributed by atoms with van der Waals surface area (Å²) in [5.41, 5.74) is 2.12. The van der Waals surface area contributed by atoms with Crippen molar-refractivity contribution in [2.24, 2.45) is 5.92 Å². The second-order valence-electron chi connectivity index (χ2n) is 5.88. The van der Waals surface area contributed by atoms with Crippen LogP contribution in [0.3, 0.4) is 0 Å². The van der Waals surface area contributed by atoms with Crippen molar-refractivity contribution >= 4 is 11.6 Å². The minimum absolute atomic E-state index is 0.0244. The van der Waals surface area contributed by atoms with Crippen molar-refractivity contribution in [1.82, 2.24) is 15.1 Å². The van der Waals surface area contributed by atoms with Gasteiger partial charge in [0.2, 0.25) is 5.91 Å². The highest BCUT2D eigenvalue weighted by atomic mass is 16.2. The molecule has 0 fully saturated rings. The number of nitrogens with one attached hydrogen (secondary N) is 2. The molecule has 1 atom stereocenters. The average Bonchev–Trinajstić information content (AvgIpc) is 2.89. The molecule has 2 N–H and O–H groups in total. The van der Waals surface area contributed by atoms with Gasteiger partial charge in [-0.2, -0.15) is 5.10 Å². The quantitative estimate of drug-likeness (QED) is 0.825. The number of anilines is 1. The molecule has 5 nitrogen and oxygen atoms in total. The molecule has 2 rings (SSSR count). The monoisotopic (exact) mass is 300 g/mol. The van der Waals surface area contributed by atoms with E-state index < -0.39 is 0 Å². The summed E-state index contributed by atoms with van der Waals surface area (Å²) in [4.78, 5) is 12.0. The summed E-state index contributed by atoms with van der Waals surface area (Å²) in [5, 5.41) is 10.6. The lowest BCUT2D eigenvalue weighted by molar-refractivity contribution is -0.121. The number of benzene rings is 1. The topological polar surface area (TPSA) is 59.0 Å². The van der Waals surface area contributed by atoms with E-state index in [1.54, 1.807) is 10.9 Å². The summed E-state index contributed by atoms with van der Waals surface area (Å²) < 4.78 is 1.65. The maximum atomic E-state index is 12.0. The molecule has 22 heavy (non-hydrogen) atoms. The van der Waals surface area contributed by atoms with Gasteiger partial charge in [0.05, 0.1) is 6.20 Å². The highest BCUT2D eigenvalue weighted by Crippen LogP contribution is 2.11. The molecule has 0 aliphatic carbocycles. The molecule has 1 amide bonds. The van der Waals surface area contributed by atoms with Gasteiger partial charge in [-0.15, -0.1) is 0 Å². The molecule has 1 aromatic heterocycles. The number of aryl methyl sites for hydroxylation is 1. The Morgan fingerprint density at radius 2 is 2.00 bits per heavy atom. The second-order valence-corrected chi connectivity index (χ2v) is 5.88. The van der Waals surface area contributed by atoms with Crippen LogP contribution < -0.4 is 10.6 Å². The summed E-state index contributed by atoms with van der Waals surface area (Å²) in [7, 11) is 0. The molecule has 0 bridgehead atoms. The molecule has 118 valence electrons. The van der Waals surface area contributed by atoms with E-state index in [-0.39, 0.29) is 18.5 Å². The van der Waals surface area contributed by atoms with Gasteiger partial charge in [0.1, 0.15) is 6.54 Å². The van der Waals surface area contributed by atoms with Crippen molar-refractivity contribution in [1.29, 1.82) is 0 Å². The number of rotatable bonds is 7. The molecule has 0 aliphatic heterocycles. The van der Waals surface area contributed by atoms with Crippen LogP contribution in [-0.2, 0) is 11.3 Å². The Morgan fingerprint density at radius 1 is 1.27 bits per heavy atom. The van der Waals surface area contributed by atoms with E-state index >= 15 is 0 Å². The van der Waals surface area contributed by atoms with E-state index in [2.05, 4.69) is 29.6 Å². The van der Waals surface area contributed by atoms with Gasteiger partial charge in [0.25, 0.3) is 0 Å². The number of carbonyl (C=O) groups is 1. The highest BCUT2D eigenvalue weighted by molar-refractivity contribution is 5.75. The number of hydrogen-bond acceptors (Lipinski definition) is 3. The normalized spacial score (nSPS) is 12.2. The standard InChI is InChI=1S/C17H24N4O/c1-13(2)16(20-15-7-5-4-6-8-15)10-18-17(22)12-21-11-14(3)9-19-21/h4-9,11,13,16,20H,10,12H2,1-3H3,(H,18,22). The third kappa shape index (κ3) is 4.91. The van der Waals surface area contributed by atoms with E-state index in [0.717, 1.165) is 11.3 Å². The Labute approximate surface area is 131 Å². The molecule has 0 spiro atoms. The number of nitrogens with zero attached hydrogens (tertiary/aromatic N) is 2. The van der Waals surface area contributed by atoms with Crippen molar-refractivity contribution in [2.45, 2.75) is 33.4 Å². The molecule has 1 heterocycles. The van der Waals surface area contributed by atoms with Crippen LogP contribution in [0.15, 0.2) is 42.7 Å². The van der Waals surface area contributed by atoms with Gasteiger partial charge in [-0.1, -0.05) is 32.0 Å². The third-order valence-corrected chi connectivity index (χ3v) is 3.52. The largest absolute Gasteiger partial charge is 0.380 e. The van der Waals surface area contributed by atoms with Gasteiger partial charge in [-0.3, -0.25) is 9.48 Å². The van der Waals surface area contributed by atoms with Crippen LogP contribution in [0.4, 0.5) is 5.69 Å². The van der Waals surface area contributed by atoms with Gasteiger partial charge in [-0.05, 0) is 30.5 Å². The van der Waals surface area contributed by atoms with E-state index in [0.29, 0.717) is 12.5 Å². The van der Waals surface area contributed by atoms with Gasteiger partial charge < -0.3 is 10.6 Å². The fourth-order valence-electron chi connectivity index (χ4n) is 2.18. The van der Waals surface area contributed by atoms with E-state index in [4.69, 9.17) is 0 Å². The predicted octanol–water partition coefficient (Wildman–Crippen LogP) is 2.44.